The van der Waals surface area contributed by atoms with Crippen molar-refractivity contribution in [3.05, 3.63) is 35.4 Å². The molecule has 0 fully saturated rings. The van der Waals surface area contributed by atoms with Crippen LogP contribution in [-0.4, -0.2) is 18.8 Å². The number of carbonyl (C=O) groups excluding carboxylic acids is 1. The molecule has 0 amide bonds. The van der Waals surface area contributed by atoms with E-state index in [0.717, 1.165) is 5.56 Å². The van der Waals surface area contributed by atoms with Crippen LogP contribution in [0.5, 0.6) is 0 Å². The van der Waals surface area contributed by atoms with Crippen LogP contribution in [0.1, 0.15) is 27.0 Å². The molecule has 2 nitrogen and oxygen atoms in total. The Balaban J connectivity index is 2.74. The summed E-state index contributed by atoms with van der Waals surface area (Å²) in [7, 11) is 0. The van der Waals surface area contributed by atoms with Gasteiger partial charge in [-0.2, -0.15) is 0 Å². The Labute approximate surface area is 83.2 Å². The van der Waals surface area contributed by atoms with Crippen LogP contribution in [0.15, 0.2) is 24.3 Å². The van der Waals surface area contributed by atoms with E-state index in [1.165, 1.54) is 0 Å². The predicted octanol–water partition coefficient (Wildman–Crippen LogP) is 1.79. The molecule has 13 heavy (non-hydrogen) atoms. The zero-order chi connectivity index (χ0) is 12.3. The fourth-order valence-electron chi connectivity index (χ4n) is 1.03. The topological polar surface area (TPSA) is 29.1 Å². The lowest BCUT2D eigenvalue weighted by Crippen LogP contribution is -2.30. The zero-order valence-corrected chi connectivity index (χ0v) is 7.79. The van der Waals surface area contributed by atoms with Gasteiger partial charge in [-0.1, -0.05) is 29.8 Å². The Morgan fingerprint density at radius 3 is 2.62 bits per heavy atom. The molecular weight excluding hydrogens is 162 g/mol. The van der Waals surface area contributed by atoms with Gasteiger partial charge in [-0.05, 0) is 20.8 Å². The molecule has 1 aromatic carbocycles. The van der Waals surface area contributed by atoms with Crippen molar-refractivity contribution >= 4 is 5.78 Å². The summed E-state index contributed by atoms with van der Waals surface area (Å²) < 4.78 is 21.1. The summed E-state index contributed by atoms with van der Waals surface area (Å²) in [6, 6.07) is 6.35. The number of hydrogen-bond donors (Lipinski definition) is 1. The molecule has 0 radical (unpaired) electrons. The van der Waals surface area contributed by atoms with Gasteiger partial charge in [0.2, 0.25) is 0 Å². The molecular formula is C11H15NO. The predicted molar refractivity (Wildman–Crippen MR) is 54.0 cm³/mol. The van der Waals surface area contributed by atoms with Crippen LogP contribution in [0.2, 0.25) is 0 Å². The van der Waals surface area contributed by atoms with Crippen LogP contribution < -0.4 is 5.32 Å². The van der Waals surface area contributed by atoms with Crippen LogP contribution in [-0.2, 0) is 0 Å². The zero-order valence-electron chi connectivity index (χ0n) is 10.8. The van der Waals surface area contributed by atoms with E-state index in [4.69, 9.17) is 4.11 Å². The van der Waals surface area contributed by atoms with E-state index in [2.05, 4.69) is 5.32 Å². The first-order chi connectivity index (χ1) is 7.29. The fraction of sp³-hybridized carbons (Fsp3) is 0.364. The molecule has 0 heterocycles. The average molecular weight is 180 g/mol. The summed E-state index contributed by atoms with van der Waals surface area (Å²) in [5, 5.41) is 2.28. The monoisotopic (exact) mass is 180 g/mol. The maximum absolute atomic E-state index is 11.8. The first-order valence-electron chi connectivity index (χ1n) is 5.68. The number of carbonyl (C=O) groups is 1. The second-order valence-corrected chi connectivity index (χ2v) is 3.10. The van der Waals surface area contributed by atoms with Crippen molar-refractivity contribution in [1.29, 1.82) is 0 Å². The fourth-order valence-corrected chi connectivity index (χ4v) is 1.03. The van der Waals surface area contributed by atoms with Gasteiger partial charge < -0.3 is 5.32 Å². The van der Waals surface area contributed by atoms with Crippen molar-refractivity contribution in [3.63, 3.8) is 0 Å². The lowest BCUT2D eigenvalue weighted by Gasteiger charge is -2.08. The van der Waals surface area contributed by atoms with Crippen molar-refractivity contribution in [2.45, 2.75) is 19.9 Å². The molecule has 0 bridgehead atoms. The van der Waals surface area contributed by atoms with Crippen molar-refractivity contribution < 1.29 is 8.91 Å². The SMILES string of the molecule is [2H]C([2H])([2H])NC(C)C(=O)c1ccc(C)cc1. The van der Waals surface area contributed by atoms with Crippen LogP contribution in [0, 0.1) is 6.92 Å². The Morgan fingerprint density at radius 2 is 2.08 bits per heavy atom. The molecule has 0 saturated heterocycles. The number of nitrogens with one attached hydrogen (secondary N) is 1. The minimum Gasteiger partial charge on any atom is -0.310 e. The number of hydrogen-bond acceptors (Lipinski definition) is 2. The summed E-state index contributed by atoms with van der Waals surface area (Å²) in [4.78, 5) is 11.8. The number of aryl methyl sites for hydroxylation is 1. The maximum atomic E-state index is 11.8. The minimum atomic E-state index is -2.29. The standard InChI is InChI=1S/C11H15NO/c1-8-4-6-10(7-5-8)11(13)9(2)12-3/h4-7,9,12H,1-3H3/i3D3. The van der Waals surface area contributed by atoms with Crippen molar-refractivity contribution in [2.75, 3.05) is 6.98 Å². The van der Waals surface area contributed by atoms with Gasteiger partial charge in [0.05, 0.1) is 6.04 Å². The number of rotatable bonds is 3. The van der Waals surface area contributed by atoms with E-state index in [1.54, 1.807) is 19.1 Å². The summed E-state index contributed by atoms with van der Waals surface area (Å²) in [6.45, 7) is 1.19. The van der Waals surface area contributed by atoms with E-state index >= 15 is 0 Å². The second kappa shape index (κ2) is 4.19. The van der Waals surface area contributed by atoms with E-state index in [1.807, 2.05) is 19.1 Å². The molecule has 0 saturated carbocycles. The van der Waals surface area contributed by atoms with Gasteiger partial charge in [0.15, 0.2) is 5.78 Å². The lowest BCUT2D eigenvalue weighted by atomic mass is 10.0. The maximum Gasteiger partial charge on any atom is 0.179 e. The summed E-state index contributed by atoms with van der Waals surface area (Å²) in [5.41, 5.74) is 1.59. The first-order valence-corrected chi connectivity index (χ1v) is 4.18. The highest BCUT2D eigenvalue weighted by Crippen LogP contribution is 2.05. The van der Waals surface area contributed by atoms with Gasteiger partial charge in [0.1, 0.15) is 0 Å². The van der Waals surface area contributed by atoms with Crippen LogP contribution in [0.25, 0.3) is 0 Å². The average Bonchev–Trinajstić information content (AvgIpc) is 2.15. The number of benzene rings is 1. The van der Waals surface area contributed by atoms with E-state index in [9.17, 15) is 4.79 Å². The third kappa shape index (κ3) is 2.39. The summed E-state index contributed by atoms with van der Waals surface area (Å²) >= 11 is 0. The lowest BCUT2D eigenvalue weighted by molar-refractivity contribution is 0.0955. The van der Waals surface area contributed by atoms with Crippen LogP contribution >= 0.6 is 0 Å². The third-order valence-corrected chi connectivity index (χ3v) is 1.95. The van der Waals surface area contributed by atoms with Gasteiger partial charge in [-0.3, -0.25) is 4.79 Å². The number of likely N-dealkylation sites (N-methyl/N-ethyl adjacent to an activating group) is 1. The Kier molecular flexibility index (Phi) is 2.04. The van der Waals surface area contributed by atoms with Gasteiger partial charge >= 0.3 is 0 Å². The molecule has 0 aliphatic heterocycles. The number of Topliss-reactive ketones (excluding diaryl/α,β-unsaturated/α-hetero) is 1. The highest BCUT2D eigenvalue weighted by Gasteiger charge is 2.11. The van der Waals surface area contributed by atoms with Crippen molar-refractivity contribution in [1.82, 2.24) is 5.32 Å². The summed E-state index contributed by atoms with van der Waals surface area (Å²) in [6.07, 6.45) is 0. The third-order valence-electron chi connectivity index (χ3n) is 1.95. The van der Waals surface area contributed by atoms with Crippen LogP contribution in [0.4, 0.5) is 0 Å². The van der Waals surface area contributed by atoms with Gasteiger partial charge in [0.25, 0.3) is 0 Å². The quantitative estimate of drug-likeness (QED) is 0.718. The summed E-state index contributed by atoms with van der Waals surface area (Å²) in [5.74, 6) is -0.212. The Hall–Kier alpha value is -1.15. The molecule has 0 aliphatic carbocycles. The molecule has 1 aromatic rings. The second-order valence-electron chi connectivity index (χ2n) is 3.10. The Bertz CT molecular complexity index is 370. The molecule has 1 rings (SSSR count). The molecule has 1 atom stereocenters. The smallest absolute Gasteiger partial charge is 0.179 e. The van der Waals surface area contributed by atoms with E-state index < -0.39 is 13.0 Å². The normalized spacial score (nSPS) is 16.9. The van der Waals surface area contributed by atoms with Gasteiger partial charge in [-0.15, -0.1) is 0 Å². The molecule has 0 spiro atoms. The molecule has 1 unspecified atom stereocenters. The molecule has 70 valence electrons. The Morgan fingerprint density at radius 1 is 1.46 bits per heavy atom. The minimum absolute atomic E-state index is 0.212. The van der Waals surface area contributed by atoms with Crippen molar-refractivity contribution in [2.24, 2.45) is 0 Å². The molecule has 1 N–H and O–H groups in total. The van der Waals surface area contributed by atoms with Gasteiger partial charge in [0, 0.05) is 9.68 Å². The van der Waals surface area contributed by atoms with E-state index in [0.29, 0.717) is 5.56 Å². The molecule has 0 aliphatic rings. The molecule has 2 heteroatoms. The highest BCUT2D eigenvalue weighted by molar-refractivity contribution is 5.99. The number of ketones is 1. The highest BCUT2D eigenvalue weighted by atomic mass is 16.1. The first kappa shape index (κ1) is 6.33. The van der Waals surface area contributed by atoms with Gasteiger partial charge in [-0.25, -0.2) is 0 Å². The molecule has 0 aromatic heterocycles. The van der Waals surface area contributed by atoms with Crippen LogP contribution in [0.3, 0.4) is 0 Å². The van der Waals surface area contributed by atoms with Crippen molar-refractivity contribution in [3.8, 4) is 0 Å². The van der Waals surface area contributed by atoms with E-state index in [-0.39, 0.29) is 5.78 Å². The largest absolute Gasteiger partial charge is 0.310 e.